The smallest absolute Gasteiger partial charge is 0.250 e. The lowest BCUT2D eigenvalue weighted by Crippen LogP contribution is -2.57. The molecule has 1 aliphatic rings. The van der Waals surface area contributed by atoms with Crippen LogP contribution < -0.4 is 10.6 Å². The summed E-state index contributed by atoms with van der Waals surface area (Å²) < 4.78 is 14.9. The maximum absolute atomic E-state index is 14.9. The minimum atomic E-state index is -1.95. The fourth-order valence-corrected chi connectivity index (χ4v) is 4.64. The van der Waals surface area contributed by atoms with Gasteiger partial charge in [0.25, 0.3) is 0 Å². The topological polar surface area (TPSA) is 112 Å². The Morgan fingerprint density at radius 2 is 1.88 bits per heavy atom. The molecule has 1 aliphatic heterocycles. The van der Waals surface area contributed by atoms with Crippen molar-refractivity contribution in [1.29, 1.82) is 0 Å². The lowest BCUT2D eigenvalue weighted by Gasteiger charge is -2.35. The van der Waals surface area contributed by atoms with Crippen LogP contribution in [0.3, 0.4) is 0 Å². The van der Waals surface area contributed by atoms with Crippen molar-refractivity contribution in [1.82, 2.24) is 15.2 Å². The molecular formula is C23H29FN4O4S. The van der Waals surface area contributed by atoms with Crippen molar-refractivity contribution < 1.29 is 23.9 Å². The highest BCUT2D eigenvalue weighted by Gasteiger charge is 2.50. The summed E-state index contributed by atoms with van der Waals surface area (Å²) in [7, 11) is 0. The van der Waals surface area contributed by atoms with Crippen LogP contribution in [0.1, 0.15) is 33.4 Å². The van der Waals surface area contributed by atoms with Crippen molar-refractivity contribution in [2.75, 3.05) is 11.9 Å². The number of aliphatic hydroxyl groups is 1. The standard InChI is InChI=1S/C23H29FN4O4S/c1-12-19(33-11-25-12)14-6-8-15(9-7-14)27-21(31)18-17(24)16(30)10-28(18)22(32)20(23(3,4)5)26-13(2)29/h6-9,11,16-18,20,30H,10H2,1-5H3,(H,26,29)(H,27,31)/t16-,17+,18-,20+/m0/s1. The molecule has 4 atom stereocenters. The molecule has 178 valence electrons. The highest BCUT2D eigenvalue weighted by Crippen LogP contribution is 2.30. The number of aliphatic hydroxyl groups excluding tert-OH is 1. The van der Waals surface area contributed by atoms with E-state index in [9.17, 15) is 23.9 Å². The van der Waals surface area contributed by atoms with Gasteiger partial charge in [-0.05, 0) is 30.0 Å². The molecule has 8 nitrogen and oxygen atoms in total. The number of benzene rings is 1. The quantitative estimate of drug-likeness (QED) is 0.614. The zero-order chi connectivity index (χ0) is 24.5. The van der Waals surface area contributed by atoms with Crippen LogP contribution in [0.4, 0.5) is 10.1 Å². The second-order valence-corrected chi connectivity index (χ2v) is 10.1. The third-order valence-corrected chi connectivity index (χ3v) is 6.54. The number of rotatable bonds is 5. The zero-order valence-electron chi connectivity index (χ0n) is 19.3. The summed E-state index contributed by atoms with van der Waals surface area (Å²) in [6.45, 7) is 8.12. The van der Waals surface area contributed by atoms with Gasteiger partial charge in [-0.1, -0.05) is 32.9 Å². The second kappa shape index (κ2) is 9.56. The first-order chi connectivity index (χ1) is 15.4. The van der Waals surface area contributed by atoms with E-state index in [-0.39, 0.29) is 6.54 Å². The largest absolute Gasteiger partial charge is 0.388 e. The van der Waals surface area contributed by atoms with E-state index in [1.807, 2.05) is 19.1 Å². The second-order valence-electron chi connectivity index (χ2n) is 9.28. The summed E-state index contributed by atoms with van der Waals surface area (Å²) in [6.07, 6.45) is -3.45. The Hall–Kier alpha value is -2.85. The number of amides is 3. The molecular weight excluding hydrogens is 447 g/mol. The van der Waals surface area contributed by atoms with E-state index >= 15 is 0 Å². The van der Waals surface area contributed by atoms with Gasteiger partial charge in [-0.15, -0.1) is 11.3 Å². The average molecular weight is 477 g/mol. The molecule has 1 fully saturated rings. The van der Waals surface area contributed by atoms with Crippen molar-refractivity contribution in [2.24, 2.45) is 5.41 Å². The number of nitrogens with zero attached hydrogens (tertiary/aromatic N) is 2. The molecule has 2 heterocycles. The van der Waals surface area contributed by atoms with Crippen LogP contribution in [0.15, 0.2) is 29.8 Å². The Bertz CT molecular complexity index is 1030. The van der Waals surface area contributed by atoms with E-state index in [0.717, 1.165) is 21.0 Å². The lowest BCUT2D eigenvalue weighted by molar-refractivity contribution is -0.143. The van der Waals surface area contributed by atoms with E-state index in [1.54, 1.807) is 38.4 Å². The number of carbonyl (C=O) groups excluding carboxylic acids is 3. The molecule has 0 bridgehead atoms. The summed E-state index contributed by atoms with van der Waals surface area (Å²) in [5.74, 6) is -1.78. The molecule has 3 rings (SSSR count). The maximum atomic E-state index is 14.9. The molecule has 33 heavy (non-hydrogen) atoms. The van der Waals surface area contributed by atoms with E-state index in [0.29, 0.717) is 5.69 Å². The molecule has 0 spiro atoms. The molecule has 1 saturated heterocycles. The van der Waals surface area contributed by atoms with Crippen LogP contribution in [-0.4, -0.2) is 63.6 Å². The zero-order valence-corrected chi connectivity index (χ0v) is 20.1. The fourth-order valence-electron chi connectivity index (χ4n) is 3.83. The number of hydrogen-bond donors (Lipinski definition) is 3. The highest BCUT2D eigenvalue weighted by molar-refractivity contribution is 7.13. The Balaban J connectivity index is 1.80. The summed E-state index contributed by atoms with van der Waals surface area (Å²) in [5, 5.41) is 15.3. The Morgan fingerprint density at radius 1 is 1.24 bits per heavy atom. The number of β-amino-alcohol motifs (C(OH)–C–C–N with tert-alkyl or cyclic N) is 1. The molecule has 3 N–H and O–H groups in total. The third-order valence-electron chi connectivity index (χ3n) is 5.56. The summed E-state index contributed by atoms with van der Waals surface area (Å²) >= 11 is 1.51. The van der Waals surface area contributed by atoms with Gasteiger partial charge in [0.1, 0.15) is 18.2 Å². The SMILES string of the molecule is CC(=O)N[C@H](C(=O)N1C[C@H](O)[C@@H](F)[C@H]1C(=O)Nc1ccc(-c2scnc2C)cc1)C(C)(C)C. The van der Waals surface area contributed by atoms with Gasteiger partial charge in [0.05, 0.1) is 22.6 Å². The number of aromatic nitrogens is 1. The monoisotopic (exact) mass is 476 g/mol. The number of halogens is 1. The lowest BCUT2D eigenvalue weighted by atomic mass is 9.85. The number of likely N-dealkylation sites (tertiary alicyclic amines) is 1. The summed E-state index contributed by atoms with van der Waals surface area (Å²) in [5.41, 5.74) is 3.34. The van der Waals surface area contributed by atoms with Crippen LogP contribution >= 0.6 is 11.3 Å². The van der Waals surface area contributed by atoms with Gasteiger partial charge in [-0.2, -0.15) is 0 Å². The number of aryl methyl sites for hydroxylation is 1. The summed E-state index contributed by atoms with van der Waals surface area (Å²) in [4.78, 5) is 44.1. The maximum Gasteiger partial charge on any atom is 0.250 e. The first kappa shape index (κ1) is 24.8. The van der Waals surface area contributed by atoms with Crippen molar-refractivity contribution >= 4 is 34.7 Å². The molecule has 3 amide bonds. The van der Waals surface area contributed by atoms with Gasteiger partial charge in [-0.25, -0.2) is 9.37 Å². The van der Waals surface area contributed by atoms with E-state index in [1.165, 1.54) is 18.3 Å². The number of anilines is 1. The Labute approximate surface area is 196 Å². The van der Waals surface area contributed by atoms with Gasteiger partial charge < -0.3 is 20.6 Å². The number of nitrogens with one attached hydrogen (secondary N) is 2. The molecule has 0 unspecified atom stereocenters. The van der Waals surface area contributed by atoms with Crippen LogP contribution in [0.25, 0.3) is 10.4 Å². The van der Waals surface area contributed by atoms with Crippen molar-refractivity contribution in [3.63, 3.8) is 0 Å². The Kier molecular flexibility index (Phi) is 7.18. The molecule has 2 aromatic rings. The average Bonchev–Trinajstić information content (AvgIpc) is 3.28. The molecule has 1 aromatic carbocycles. The van der Waals surface area contributed by atoms with Crippen molar-refractivity contribution in [2.45, 2.75) is 59.0 Å². The predicted octanol–water partition coefficient (Wildman–Crippen LogP) is 2.52. The molecule has 0 aliphatic carbocycles. The highest BCUT2D eigenvalue weighted by atomic mass is 32.1. The first-order valence-corrected chi connectivity index (χ1v) is 11.5. The molecule has 0 saturated carbocycles. The van der Waals surface area contributed by atoms with Gasteiger partial charge in [-0.3, -0.25) is 14.4 Å². The number of hydrogen-bond acceptors (Lipinski definition) is 6. The molecule has 0 radical (unpaired) electrons. The van der Waals surface area contributed by atoms with Crippen LogP contribution in [0, 0.1) is 12.3 Å². The molecule has 10 heteroatoms. The normalized spacial score (nSPS) is 21.5. The van der Waals surface area contributed by atoms with Gasteiger partial charge in [0.15, 0.2) is 6.17 Å². The minimum Gasteiger partial charge on any atom is -0.388 e. The van der Waals surface area contributed by atoms with Gasteiger partial charge in [0, 0.05) is 12.6 Å². The number of alkyl halides is 1. The summed E-state index contributed by atoms with van der Waals surface area (Å²) in [6, 6.07) is 4.52. The predicted molar refractivity (Wildman–Crippen MR) is 124 cm³/mol. The minimum absolute atomic E-state index is 0.339. The van der Waals surface area contributed by atoms with Crippen molar-refractivity contribution in [3.05, 3.63) is 35.5 Å². The Morgan fingerprint density at radius 3 is 2.39 bits per heavy atom. The van der Waals surface area contributed by atoms with E-state index in [2.05, 4.69) is 15.6 Å². The van der Waals surface area contributed by atoms with Gasteiger partial charge >= 0.3 is 0 Å². The van der Waals surface area contributed by atoms with E-state index in [4.69, 9.17) is 0 Å². The van der Waals surface area contributed by atoms with Crippen molar-refractivity contribution in [3.8, 4) is 10.4 Å². The third kappa shape index (κ3) is 5.39. The van der Waals surface area contributed by atoms with E-state index < -0.39 is 47.5 Å². The van der Waals surface area contributed by atoms with Gasteiger partial charge in [0.2, 0.25) is 17.7 Å². The number of thiazole rings is 1. The first-order valence-electron chi connectivity index (χ1n) is 10.6. The molecule has 1 aromatic heterocycles. The number of carbonyl (C=O) groups is 3. The fraction of sp³-hybridized carbons (Fsp3) is 0.478. The van der Waals surface area contributed by atoms with Crippen LogP contribution in [0.5, 0.6) is 0 Å². The van der Waals surface area contributed by atoms with Crippen LogP contribution in [0.2, 0.25) is 0 Å². The van der Waals surface area contributed by atoms with Crippen LogP contribution in [-0.2, 0) is 14.4 Å².